The van der Waals surface area contributed by atoms with Crippen molar-refractivity contribution in [2.75, 3.05) is 12.3 Å². The Hall–Kier alpha value is -1.92. The molecule has 0 aromatic heterocycles. The summed E-state index contributed by atoms with van der Waals surface area (Å²) in [6, 6.07) is 3.88. The van der Waals surface area contributed by atoms with E-state index in [-0.39, 0.29) is 17.9 Å². The third kappa shape index (κ3) is 4.04. The third-order valence-electron chi connectivity index (χ3n) is 2.43. The highest BCUT2D eigenvalue weighted by molar-refractivity contribution is 5.81. The molecule has 0 spiro atoms. The molecule has 1 rings (SSSR count). The van der Waals surface area contributed by atoms with Gasteiger partial charge in [-0.3, -0.25) is 4.79 Å². The second kappa shape index (κ2) is 5.81. The maximum absolute atomic E-state index is 12.2. The zero-order valence-electron chi connectivity index (χ0n) is 10.5. The van der Waals surface area contributed by atoms with Crippen LogP contribution in [0.5, 0.6) is 5.75 Å². The molecule has 4 nitrogen and oxygen atoms in total. The molecule has 1 unspecified atom stereocenters. The molecule has 0 fully saturated rings. The van der Waals surface area contributed by atoms with E-state index in [0.717, 1.165) is 6.07 Å². The summed E-state index contributed by atoms with van der Waals surface area (Å²) in [6.07, 6.45) is -4.83. The fraction of sp³-hybridized carbons (Fsp3) is 0.417. The van der Waals surface area contributed by atoms with Crippen LogP contribution in [0.2, 0.25) is 0 Å². The molecule has 0 amide bonds. The Bertz CT molecular complexity index is 460. The lowest BCUT2D eigenvalue weighted by atomic mass is 9.99. The van der Waals surface area contributed by atoms with Crippen molar-refractivity contribution in [1.29, 1.82) is 0 Å². The molecule has 0 saturated heterocycles. The van der Waals surface area contributed by atoms with Crippen LogP contribution in [0.3, 0.4) is 0 Å². The topological polar surface area (TPSA) is 61.5 Å². The number of nitrogens with two attached hydrogens (primary N) is 1. The zero-order valence-corrected chi connectivity index (χ0v) is 10.5. The van der Waals surface area contributed by atoms with Gasteiger partial charge in [-0.05, 0) is 25.5 Å². The van der Waals surface area contributed by atoms with Crippen molar-refractivity contribution in [3.05, 3.63) is 23.8 Å². The Kier molecular flexibility index (Phi) is 4.63. The molecule has 0 radical (unpaired) electrons. The second-order valence-electron chi connectivity index (χ2n) is 3.78. The Morgan fingerprint density at radius 1 is 1.42 bits per heavy atom. The largest absolute Gasteiger partial charge is 0.573 e. The van der Waals surface area contributed by atoms with Gasteiger partial charge in [-0.2, -0.15) is 0 Å². The second-order valence-corrected chi connectivity index (χ2v) is 3.78. The van der Waals surface area contributed by atoms with E-state index < -0.39 is 24.0 Å². The summed E-state index contributed by atoms with van der Waals surface area (Å²) in [5, 5.41) is 0. The van der Waals surface area contributed by atoms with Crippen LogP contribution < -0.4 is 10.5 Å². The molecule has 19 heavy (non-hydrogen) atoms. The normalized spacial score (nSPS) is 12.9. The van der Waals surface area contributed by atoms with Gasteiger partial charge in [0.15, 0.2) is 5.75 Å². The molecule has 1 atom stereocenters. The van der Waals surface area contributed by atoms with Crippen LogP contribution in [0.25, 0.3) is 0 Å². The molecule has 1 aromatic rings. The first kappa shape index (κ1) is 15.1. The average Bonchev–Trinajstić information content (AvgIpc) is 2.29. The first-order chi connectivity index (χ1) is 8.76. The van der Waals surface area contributed by atoms with Gasteiger partial charge < -0.3 is 15.2 Å². The van der Waals surface area contributed by atoms with E-state index in [1.54, 1.807) is 6.92 Å². The summed E-state index contributed by atoms with van der Waals surface area (Å²) in [7, 11) is 0. The third-order valence-corrected chi connectivity index (χ3v) is 2.43. The van der Waals surface area contributed by atoms with E-state index in [9.17, 15) is 18.0 Å². The lowest BCUT2D eigenvalue weighted by Crippen LogP contribution is -2.19. The van der Waals surface area contributed by atoms with Crippen LogP contribution in [0.1, 0.15) is 25.3 Å². The van der Waals surface area contributed by atoms with Gasteiger partial charge in [0.1, 0.15) is 0 Å². The molecule has 0 aliphatic heterocycles. The number of halogens is 3. The van der Waals surface area contributed by atoms with Crippen LogP contribution in [0.15, 0.2) is 18.2 Å². The van der Waals surface area contributed by atoms with Crippen LogP contribution in [-0.2, 0) is 9.53 Å². The number of ether oxygens (including phenoxy) is 2. The molecule has 0 saturated carbocycles. The lowest BCUT2D eigenvalue weighted by molar-refractivity contribution is -0.274. The van der Waals surface area contributed by atoms with Gasteiger partial charge in [0.25, 0.3) is 0 Å². The highest BCUT2D eigenvalue weighted by atomic mass is 19.4. The van der Waals surface area contributed by atoms with Crippen molar-refractivity contribution in [3.63, 3.8) is 0 Å². The number of benzene rings is 1. The number of carbonyl (C=O) groups excluding carboxylic acids is 1. The first-order valence-electron chi connectivity index (χ1n) is 5.57. The first-order valence-corrected chi connectivity index (χ1v) is 5.57. The van der Waals surface area contributed by atoms with Crippen molar-refractivity contribution < 1.29 is 27.4 Å². The molecule has 7 heteroatoms. The summed E-state index contributed by atoms with van der Waals surface area (Å²) < 4.78 is 45.1. The number of rotatable bonds is 4. The van der Waals surface area contributed by atoms with E-state index in [4.69, 9.17) is 10.5 Å². The Morgan fingerprint density at radius 3 is 2.58 bits per heavy atom. The summed E-state index contributed by atoms with van der Waals surface area (Å²) in [6.45, 7) is 3.32. The predicted octanol–water partition coefficient (Wildman–Crippen LogP) is 2.83. The molecular formula is C12H14F3NO3. The number of anilines is 1. The number of esters is 1. The standard InChI is InChI=1S/C12H14F3NO3/c1-3-18-11(17)7(2)8-5-4-6-9(10(8)16)19-12(13,14)15/h4-7H,3,16H2,1-2H3. The number of alkyl halides is 3. The van der Waals surface area contributed by atoms with Gasteiger partial charge in [0.05, 0.1) is 18.2 Å². The quantitative estimate of drug-likeness (QED) is 0.679. The van der Waals surface area contributed by atoms with Gasteiger partial charge in [-0.15, -0.1) is 13.2 Å². The van der Waals surface area contributed by atoms with Crippen molar-refractivity contribution >= 4 is 11.7 Å². The van der Waals surface area contributed by atoms with Crippen LogP contribution in [0, 0.1) is 0 Å². The molecule has 0 aliphatic carbocycles. The van der Waals surface area contributed by atoms with E-state index in [0.29, 0.717) is 0 Å². The van der Waals surface area contributed by atoms with Crippen molar-refractivity contribution in [3.8, 4) is 5.75 Å². The smallest absolute Gasteiger partial charge is 0.466 e. The number of hydrogen-bond donors (Lipinski definition) is 1. The minimum absolute atomic E-state index is 0.182. The predicted molar refractivity (Wildman–Crippen MR) is 62.6 cm³/mol. The lowest BCUT2D eigenvalue weighted by Gasteiger charge is -2.17. The van der Waals surface area contributed by atoms with Crippen LogP contribution in [0.4, 0.5) is 18.9 Å². The minimum Gasteiger partial charge on any atom is -0.466 e. The van der Waals surface area contributed by atoms with Gasteiger partial charge in [-0.1, -0.05) is 12.1 Å². The van der Waals surface area contributed by atoms with Crippen LogP contribution >= 0.6 is 0 Å². The van der Waals surface area contributed by atoms with Gasteiger partial charge in [0, 0.05) is 0 Å². The molecule has 1 aromatic carbocycles. The summed E-state index contributed by atoms with van der Waals surface area (Å²) in [5.41, 5.74) is 5.61. The molecular weight excluding hydrogens is 263 g/mol. The van der Waals surface area contributed by atoms with E-state index in [1.807, 2.05) is 0 Å². The number of para-hydroxylation sites is 1. The van der Waals surface area contributed by atoms with Crippen molar-refractivity contribution in [2.45, 2.75) is 26.1 Å². The van der Waals surface area contributed by atoms with Crippen LogP contribution in [-0.4, -0.2) is 18.9 Å². The summed E-state index contributed by atoms with van der Waals surface area (Å²) >= 11 is 0. The SMILES string of the molecule is CCOC(=O)C(C)c1cccc(OC(F)(F)F)c1N. The average molecular weight is 277 g/mol. The van der Waals surface area contributed by atoms with Gasteiger partial charge in [0.2, 0.25) is 0 Å². The van der Waals surface area contributed by atoms with E-state index >= 15 is 0 Å². The summed E-state index contributed by atoms with van der Waals surface area (Å²) in [4.78, 5) is 11.6. The fourth-order valence-corrected chi connectivity index (χ4v) is 1.55. The van der Waals surface area contributed by atoms with Gasteiger partial charge in [-0.25, -0.2) is 0 Å². The van der Waals surface area contributed by atoms with Crippen molar-refractivity contribution in [2.24, 2.45) is 0 Å². The van der Waals surface area contributed by atoms with E-state index in [2.05, 4.69) is 4.74 Å². The number of hydrogen-bond acceptors (Lipinski definition) is 4. The van der Waals surface area contributed by atoms with E-state index in [1.165, 1.54) is 19.1 Å². The van der Waals surface area contributed by atoms with Gasteiger partial charge >= 0.3 is 12.3 Å². The maximum atomic E-state index is 12.2. The minimum atomic E-state index is -4.83. The number of nitrogen functional groups attached to an aromatic ring is 1. The molecule has 106 valence electrons. The Labute approximate surface area is 108 Å². The monoisotopic (exact) mass is 277 g/mol. The fourth-order valence-electron chi connectivity index (χ4n) is 1.55. The summed E-state index contributed by atoms with van der Waals surface area (Å²) in [5.74, 6) is -1.85. The highest BCUT2D eigenvalue weighted by Crippen LogP contribution is 2.34. The molecule has 0 heterocycles. The Morgan fingerprint density at radius 2 is 2.05 bits per heavy atom. The maximum Gasteiger partial charge on any atom is 0.573 e. The highest BCUT2D eigenvalue weighted by Gasteiger charge is 2.32. The molecule has 2 N–H and O–H groups in total. The van der Waals surface area contributed by atoms with Crippen molar-refractivity contribution in [1.82, 2.24) is 0 Å². The Balaban J connectivity index is 3.03. The molecule has 0 bridgehead atoms. The number of carbonyl (C=O) groups is 1. The zero-order chi connectivity index (χ0) is 14.6. The molecule has 0 aliphatic rings.